The van der Waals surface area contributed by atoms with E-state index in [9.17, 15) is 19.6 Å². The van der Waals surface area contributed by atoms with Crippen LogP contribution in [0, 0.1) is 17.2 Å². The highest BCUT2D eigenvalue weighted by Crippen LogP contribution is 2.27. The van der Waals surface area contributed by atoms with Crippen molar-refractivity contribution >= 4 is 34.4 Å². The summed E-state index contributed by atoms with van der Waals surface area (Å²) in [5.74, 6) is -0.0810. The SMILES string of the molecule is CC[C@H](C)[C@@H](CN(CC(=O)N[C@H]1CCOC1=O)Cc1cccc2ccccc12)N(C(C)=O)c1cncn1Cc1ccc(C#N)cc1. The molecule has 1 aliphatic heterocycles. The number of amides is 2. The van der Waals surface area contributed by atoms with Gasteiger partial charge in [0, 0.05) is 26.4 Å². The highest BCUT2D eigenvalue weighted by atomic mass is 16.5. The van der Waals surface area contributed by atoms with Crippen LogP contribution in [-0.2, 0) is 32.2 Å². The number of ether oxygens (including phenoxy) is 1. The zero-order valence-electron chi connectivity index (χ0n) is 26.6. The number of imidazole rings is 1. The van der Waals surface area contributed by atoms with E-state index in [0.717, 1.165) is 28.3 Å². The standard InChI is InChI=1S/C36H40N6O4/c1-4-25(2)33(42(26(3)43)35-19-38-24-41(35)20-28-14-12-27(18-37)13-15-28)22-40(23-34(44)39-32-16-17-46-36(32)45)21-30-10-7-9-29-8-5-6-11-31(29)30/h5-15,19,24-25,32-33H,4,16-17,20-23H2,1-3H3,(H,39,44)/t25-,32-,33+/m0/s1. The summed E-state index contributed by atoms with van der Waals surface area (Å²) in [7, 11) is 0. The number of esters is 1. The van der Waals surface area contributed by atoms with Crippen LogP contribution in [0.3, 0.4) is 0 Å². The van der Waals surface area contributed by atoms with Gasteiger partial charge in [0.05, 0.1) is 49.9 Å². The summed E-state index contributed by atoms with van der Waals surface area (Å²) in [6, 6.07) is 22.8. The Morgan fingerprint density at radius 2 is 1.89 bits per heavy atom. The lowest BCUT2D eigenvalue weighted by Gasteiger charge is -2.38. The summed E-state index contributed by atoms with van der Waals surface area (Å²) in [5.41, 5.74) is 2.62. The first-order valence-corrected chi connectivity index (χ1v) is 15.7. The molecule has 1 aromatic heterocycles. The molecule has 238 valence electrons. The Kier molecular flexibility index (Phi) is 10.5. The molecule has 5 rings (SSSR count). The van der Waals surface area contributed by atoms with Gasteiger partial charge in [-0.2, -0.15) is 5.26 Å². The van der Waals surface area contributed by atoms with Gasteiger partial charge in [-0.05, 0) is 39.9 Å². The van der Waals surface area contributed by atoms with Crippen LogP contribution in [0.1, 0.15) is 50.3 Å². The number of hydrogen-bond donors (Lipinski definition) is 1. The minimum Gasteiger partial charge on any atom is -0.464 e. The third-order valence-electron chi connectivity index (χ3n) is 8.70. The largest absolute Gasteiger partial charge is 0.464 e. The molecule has 10 nitrogen and oxygen atoms in total. The number of benzene rings is 3. The molecule has 46 heavy (non-hydrogen) atoms. The highest BCUT2D eigenvalue weighted by Gasteiger charge is 2.33. The molecule has 1 saturated heterocycles. The predicted molar refractivity (Wildman–Crippen MR) is 176 cm³/mol. The number of anilines is 1. The van der Waals surface area contributed by atoms with Gasteiger partial charge in [-0.15, -0.1) is 0 Å². The predicted octanol–water partition coefficient (Wildman–Crippen LogP) is 4.66. The van der Waals surface area contributed by atoms with E-state index in [2.05, 4.69) is 59.4 Å². The van der Waals surface area contributed by atoms with Gasteiger partial charge in [-0.1, -0.05) is 74.9 Å². The molecule has 0 bridgehead atoms. The second-order valence-corrected chi connectivity index (χ2v) is 11.9. The molecule has 4 aromatic rings. The Morgan fingerprint density at radius 3 is 2.59 bits per heavy atom. The van der Waals surface area contributed by atoms with E-state index in [1.54, 1.807) is 36.5 Å². The Balaban J connectivity index is 1.46. The van der Waals surface area contributed by atoms with Crippen molar-refractivity contribution in [2.75, 3.05) is 24.6 Å². The molecule has 0 radical (unpaired) electrons. The normalized spacial score (nSPS) is 15.7. The van der Waals surface area contributed by atoms with Crippen LogP contribution >= 0.6 is 0 Å². The van der Waals surface area contributed by atoms with Crippen molar-refractivity contribution in [3.8, 4) is 6.07 Å². The number of carbonyl (C=O) groups excluding carboxylic acids is 3. The first-order chi connectivity index (χ1) is 22.3. The van der Waals surface area contributed by atoms with E-state index in [0.29, 0.717) is 44.0 Å². The number of fused-ring (bicyclic) bond motifs is 1. The maximum absolute atomic E-state index is 13.5. The molecule has 0 spiro atoms. The average molecular weight is 621 g/mol. The number of carbonyl (C=O) groups is 3. The Morgan fingerprint density at radius 1 is 1.13 bits per heavy atom. The van der Waals surface area contributed by atoms with Gasteiger partial charge >= 0.3 is 5.97 Å². The van der Waals surface area contributed by atoms with Crippen LogP contribution in [0.25, 0.3) is 10.8 Å². The lowest BCUT2D eigenvalue weighted by molar-refractivity contribution is -0.141. The second kappa shape index (κ2) is 14.8. The lowest BCUT2D eigenvalue weighted by atomic mass is 9.96. The molecule has 10 heteroatoms. The van der Waals surface area contributed by atoms with Crippen molar-refractivity contribution in [2.45, 2.75) is 58.8 Å². The first kappa shape index (κ1) is 32.4. The van der Waals surface area contributed by atoms with E-state index in [1.807, 2.05) is 34.9 Å². The average Bonchev–Trinajstić information content (AvgIpc) is 3.68. The minimum absolute atomic E-state index is 0.0379. The number of nitrogens with one attached hydrogen (secondary N) is 1. The summed E-state index contributed by atoms with van der Waals surface area (Å²) >= 11 is 0. The van der Waals surface area contributed by atoms with Crippen molar-refractivity contribution in [1.82, 2.24) is 19.8 Å². The zero-order valence-corrected chi connectivity index (χ0v) is 26.6. The quantitative estimate of drug-likeness (QED) is 0.216. The fourth-order valence-corrected chi connectivity index (χ4v) is 6.06. The third kappa shape index (κ3) is 7.61. The molecule has 0 unspecified atom stereocenters. The summed E-state index contributed by atoms with van der Waals surface area (Å²) < 4.78 is 6.99. The number of rotatable bonds is 13. The van der Waals surface area contributed by atoms with Crippen LogP contribution < -0.4 is 10.2 Å². The van der Waals surface area contributed by atoms with E-state index in [4.69, 9.17) is 4.74 Å². The van der Waals surface area contributed by atoms with Gasteiger partial charge < -0.3 is 14.6 Å². The first-order valence-electron chi connectivity index (χ1n) is 15.7. The number of aromatic nitrogens is 2. The molecule has 1 aliphatic rings. The number of nitrogens with zero attached hydrogens (tertiary/aromatic N) is 5. The van der Waals surface area contributed by atoms with Crippen LogP contribution in [0.15, 0.2) is 79.3 Å². The molecule has 1 N–H and O–H groups in total. The molecule has 0 saturated carbocycles. The van der Waals surface area contributed by atoms with E-state index < -0.39 is 12.0 Å². The minimum atomic E-state index is -0.650. The summed E-state index contributed by atoms with van der Waals surface area (Å²) in [4.78, 5) is 47.3. The van der Waals surface area contributed by atoms with Gasteiger partial charge in [0.1, 0.15) is 11.9 Å². The van der Waals surface area contributed by atoms with Crippen LogP contribution in [-0.4, -0.2) is 64.0 Å². The summed E-state index contributed by atoms with van der Waals surface area (Å²) in [5, 5.41) is 14.2. The molecule has 0 aliphatic carbocycles. The van der Waals surface area contributed by atoms with Gasteiger partial charge in [0.25, 0.3) is 0 Å². The Labute approximate surface area is 269 Å². The van der Waals surface area contributed by atoms with Gasteiger partial charge in [0.2, 0.25) is 11.8 Å². The van der Waals surface area contributed by atoms with Crippen molar-refractivity contribution < 1.29 is 19.1 Å². The Bertz CT molecular complexity index is 1720. The molecule has 3 aromatic carbocycles. The molecular formula is C36H40N6O4. The monoisotopic (exact) mass is 620 g/mol. The van der Waals surface area contributed by atoms with Gasteiger partial charge in [-0.3, -0.25) is 19.4 Å². The topological polar surface area (TPSA) is 121 Å². The van der Waals surface area contributed by atoms with Crippen molar-refractivity contribution in [3.05, 3.63) is 95.9 Å². The fourth-order valence-electron chi connectivity index (χ4n) is 6.06. The number of nitriles is 1. The molecule has 2 heterocycles. The van der Waals surface area contributed by atoms with Crippen molar-refractivity contribution in [2.24, 2.45) is 5.92 Å². The summed E-state index contributed by atoms with van der Waals surface area (Å²) in [6.45, 7) is 7.44. The highest BCUT2D eigenvalue weighted by molar-refractivity contribution is 5.91. The molecular weight excluding hydrogens is 580 g/mol. The molecule has 2 amide bonds. The van der Waals surface area contributed by atoms with Gasteiger partial charge in [-0.25, -0.2) is 9.78 Å². The zero-order chi connectivity index (χ0) is 32.6. The van der Waals surface area contributed by atoms with Crippen LogP contribution in [0.5, 0.6) is 0 Å². The number of cyclic esters (lactones) is 1. The maximum atomic E-state index is 13.5. The lowest BCUT2D eigenvalue weighted by Crippen LogP contribution is -2.52. The van der Waals surface area contributed by atoms with E-state index in [-0.39, 0.29) is 30.3 Å². The summed E-state index contributed by atoms with van der Waals surface area (Å²) in [6.07, 6.45) is 4.66. The maximum Gasteiger partial charge on any atom is 0.328 e. The third-order valence-corrected chi connectivity index (χ3v) is 8.70. The van der Waals surface area contributed by atoms with Crippen molar-refractivity contribution in [1.29, 1.82) is 5.26 Å². The number of hydrogen-bond acceptors (Lipinski definition) is 7. The smallest absolute Gasteiger partial charge is 0.328 e. The van der Waals surface area contributed by atoms with Crippen LogP contribution in [0.2, 0.25) is 0 Å². The molecule has 1 fully saturated rings. The van der Waals surface area contributed by atoms with Crippen LogP contribution in [0.4, 0.5) is 5.82 Å². The fraction of sp³-hybridized carbons (Fsp3) is 0.361. The second-order valence-electron chi connectivity index (χ2n) is 11.9. The Hall–Kier alpha value is -5.01. The van der Waals surface area contributed by atoms with E-state index in [1.165, 1.54) is 0 Å². The van der Waals surface area contributed by atoms with E-state index >= 15 is 0 Å². The van der Waals surface area contributed by atoms with Crippen molar-refractivity contribution in [3.63, 3.8) is 0 Å². The molecule has 3 atom stereocenters. The van der Waals surface area contributed by atoms with Gasteiger partial charge in [0.15, 0.2) is 0 Å².